The Hall–Kier alpha value is -2.54. The summed E-state index contributed by atoms with van der Waals surface area (Å²) in [5, 5.41) is 0. The van der Waals surface area contributed by atoms with Crippen LogP contribution in [0, 0.1) is 6.07 Å². The van der Waals surface area contributed by atoms with Crippen molar-refractivity contribution in [1.29, 1.82) is 0 Å². The van der Waals surface area contributed by atoms with Crippen LogP contribution in [-0.2, 0) is 0 Å². The lowest BCUT2D eigenvalue weighted by Gasteiger charge is -2.12. The molecular weight excluding hydrogens is 448 g/mol. The lowest BCUT2D eigenvalue weighted by atomic mass is 9.98. The molecule has 0 amide bonds. The molecule has 3 aromatic rings. The van der Waals surface area contributed by atoms with Crippen LogP contribution in [0.25, 0.3) is 22.3 Å². The van der Waals surface area contributed by atoms with E-state index in [4.69, 9.17) is 4.74 Å². The Morgan fingerprint density at radius 1 is 0.486 bits per heavy atom. The molecule has 0 aliphatic carbocycles. The van der Waals surface area contributed by atoms with Crippen molar-refractivity contribution in [3.05, 3.63) is 78.9 Å². The van der Waals surface area contributed by atoms with Crippen molar-refractivity contribution < 1.29 is 4.74 Å². The Morgan fingerprint density at radius 3 is 1.27 bits per heavy atom. The number of ether oxygens (including phenoxy) is 1. The summed E-state index contributed by atoms with van der Waals surface area (Å²) in [6.07, 6.45) is 22.2. The van der Waals surface area contributed by atoms with E-state index in [1.807, 2.05) is 0 Å². The van der Waals surface area contributed by atoms with Gasteiger partial charge >= 0.3 is 0 Å². The summed E-state index contributed by atoms with van der Waals surface area (Å²) < 4.78 is 6.23. The molecule has 1 radical (unpaired) electrons. The third kappa shape index (κ3) is 12.0. The summed E-state index contributed by atoms with van der Waals surface area (Å²) in [5.74, 6) is 0.942. The van der Waals surface area contributed by atoms with Gasteiger partial charge in [-0.2, -0.15) is 0 Å². The van der Waals surface area contributed by atoms with Gasteiger partial charge in [0, 0.05) is 0 Å². The first-order valence-electron chi connectivity index (χ1n) is 15.2. The molecule has 3 aromatic carbocycles. The Bertz CT molecular complexity index is 889. The lowest BCUT2D eigenvalue weighted by Crippen LogP contribution is -1.98. The molecule has 0 aromatic heterocycles. The average molecular weight is 498 g/mol. The summed E-state index contributed by atoms with van der Waals surface area (Å²) >= 11 is 0. The molecule has 0 saturated carbocycles. The monoisotopic (exact) mass is 497 g/mol. The number of hydrogen-bond acceptors (Lipinski definition) is 1. The summed E-state index contributed by atoms with van der Waals surface area (Å²) in [6.45, 7) is 3.08. The summed E-state index contributed by atoms with van der Waals surface area (Å²) in [5.41, 5.74) is 4.52. The van der Waals surface area contributed by atoms with Gasteiger partial charge in [-0.05, 0) is 46.9 Å². The zero-order valence-electron chi connectivity index (χ0n) is 23.4. The van der Waals surface area contributed by atoms with Crippen LogP contribution >= 0.6 is 0 Å². The predicted octanol–water partition coefficient (Wildman–Crippen LogP) is 11.5. The Balaban J connectivity index is 1.28. The van der Waals surface area contributed by atoms with E-state index in [9.17, 15) is 0 Å². The maximum absolute atomic E-state index is 6.23. The largest absolute Gasteiger partial charge is 0.494 e. The van der Waals surface area contributed by atoms with Crippen LogP contribution in [0.4, 0.5) is 0 Å². The zero-order chi connectivity index (χ0) is 25.8. The van der Waals surface area contributed by atoms with Crippen LogP contribution in [0.5, 0.6) is 5.75 Å². The lowest BCUT2D eigenvalue weighted by molar-refractivity contribution is 0.304. The highest BCUT2D eigenvalue weighted by Gasteiger charge is 2.07. The van der Waals surface area contributed by atoms with E-state index >= 15 is 0 Å². The van der Waals surface area contributed by atoms with Gasteiger partial charge in [-0.25, -0.2) is 0 Å². The molecule has 0 saturated heterocycles. The summed E-state index contributed by atoms with van der Waals surface area (Å²) in [4.78, 5) is 0. The average Bonchev–Trinajstić information content (AvgIpc) is 2.95. The van der Waals surface area contributed by atoms with Gasteiger partial charge < -0.3 is 4.74 Å². The zero-order valence-corrected chi connectivity index (χ0v) is 23.4. The molecular formula is C36H49O. The molecule has 0 aliphatic rings. The van der Waals surface area contributed by atoms with Gasteiger partial charge in [0.15, 0.2) is 0 Å². The molecule has 0 N–H and O–H groups in total. The fourth-order valence-electron chi connectivity index (χ4n) is 5.01. The summed E-state index contributed by atoms with van der Waals surface area (Å²) in [6, 6.07) is 28.8. The second kappa shape index (κ2) is 18.7. The first-order valence-corrected chi connectivity index (χ1v) is 15.2. The van der Waals surface area contributed by atoms with Gasteiger partial charge in [-0.15, -0.1) is 0 Å². The minimum absolute atomic E-state index is 0.783. The molecule has 0 atom stereocenters. The second-order valence-corrected chi connectivity index (χ2v) is 10.5. The van der Waals surface area contributed by atoms with Gasteiger partial charge in [-0.3, -0.25) is 0 Å². The van der Waals surface area contributed by atoms with Crippen LogP contribution in [0.3, 0.4) is 0 Å². The van der Waals surface area contributed by atoms with Gasteiger partial charge in [0.1, 0.15) is 5.75 Å². The molecule has 0 bridgehead atoms. The molecule has 0 spiro atoms. The Labute approximate surface area is 227 Å². The number of unbranched alkanes of at least 4 members (excludes halogenated alkanes) is 15. The Morgan fingerprint density at radius 2 is 0.865 bits per heavy atom. The highest BCUT2D eigenvalue weighted by Crippen LogP contribution is 2.31. The molecule has 0 aliphatic heterocycles. The number of benzene rings is 3. The van der Waals surface area contributed by atoms with Crippen LogP contribution in [-0.4, -0.2) is 6.61 Å². The highest BCUT2D eigenvalue weighted by atomic mass is 16.5. The van der Waals surface area contributed by atoms with Crippen molar-refractivity contribution in [2.24, 2.45) is 0 Å². The molecule has 0 fully saturated rings. The maximum atomic E-state index is 6.23. The Kier molecular flexibility index (Phi) is 14.6. The van der Waals surface area contributed by atoms with E-state index in [-0.39, 0.29) is 0 Å². The molecule has 3 rings (SSSR count). The van der Waals surface area contributed by atoms with Gasteiger partial charge in [0.2, 0.25) is 0 Å². The van der Waals surface area contributed by atoms with Crippen LogP contribution in [0.15, 0.2) is 72.8 Å². The van der Waals surface area contributed by atoms with Crippen LogP contribution in [0.2, 0.25) is 0 Å². The van der Waals surface area contributed by atoms with Crippen molar-refractivity contribution >= 4 is 0 Å². The van der Waals surface area contributed by atoms with Crippen molar-refractivity contribution in [1.82, 2.24) is 0 Å². The molecule has 199 valence electrons. The highest BCUT2D eigenvalue weighted by molar-refractivity contribution is 5.74. The molecule has 0 unspecified atom stereocenters. The number of hydrogen-bond donors (Lipinski definition) is 0. The van der Waals surface area contributed by atoms with E-state index in [2.05, 4.69) is 85.8 Å². The van der Waals surface area contributed by atoms with E-state index in [0.29, 0.717) is 0 Å². The third-order valence-electron chi connectivity index (χ3n) is 7.28. The third-order valence-corrected chi connectivity index (χ3v) is 7.28. The van der Waals surface area contributed by atoms with Gasteiger partial charge in [0.25, 0.3) is 0 Å². The second-order valence-electron chi connectivity index (χ2n) is 10.5. The molecule has 37 heavy (non-hydrogen) atoms. The maximum Gasteiger partial charge on any atom is 0.120 e. The fourth-order valence-corrected chi connectivity index (χ4v) is 5.01. The van der Waals surface area contributed by atoms with Crippen LogP contribution < -0.4 is 4.74 Å². The number of rotatable bonds is 20. The fraction of sp³-hybridized carbons (Fsp3) is 0.500. The summed E-state index contributed by atoms with van der Waals surface area (Å²) in [7, 11) is 0. The van der Waals surface area contributed by atoms with E-state index in [1.165, 1.54) is 107 Å². The van der Waals surface area contributed by atoms with Crippen LogP contribution in [0.1, 0.15) is 110 Å². The first kappa shape index (κ1) is 29.0. The van der Waals surface area contributed by atoms with Crippen molar-refractivity contribution in [3.8, 4) is 28.0 Å². The van der Waals surface area contributed by atoms with E-state index < -0.39 is 0 Å². The quantitative estimate of drug-likeness (QED) is 0.141. The minimum atomic E-state index is 0.783. The SMILES string of the molecule is CCCCCCCCCCCCCCCCCCOc1cc(-c2ccccc2)[c]c(-c2ccccc2)c1. The first-order chi connectivity index (χ1) is 18.4. The topological polar surface area (TPSA) is 9.23 Å². The van der Waals surface area contributed by atoms with E-state index in [0.717, 1.165) is 29.9 Å². The predicted molar refractivity (Wildman–Crippen MR) is 161 cm³/mol. The van der Waals surface area contributed by atoms with Crippen molar-refractivity contribution in [2.45, 2.75) is 110 Å². The van der Waals surface area contributed by atoms with Gasteiger partial charge in [0.05, 0.1) is 6.61 Å². The minimum Gasteiger partial charge on any atom is -0.494 e. The molecule has 0 heterocycles. The molecule has 1 nitrogen and oxygen atoms in total. The van der Waals surface area contributed by atoms with E-state index in [1.54, 1.807) is 0 Å². The van der Waals surface area contributed by atoms with Crippen molar-refractivity contribution in [3.63, 3.8) is 0 Å². The van der Waals surface area contributed by atoms with Gasteiger partial charge in [-0.1, -0.05) is 164 Å². The molecule has 1 heteroatoms. The smallest absolute Gasteiger partial charge is 0.120 e. The van der Waals surface area contributed by atoms with Crippen molar-refractivity contribution in [2.75, 3.05) is 6.61 Å². The standard InChI is InChI=1S/C36H49O/c1-2-3-4-5-6-7-8-9-10-11-12-13-14-15-16-23-28-37-36-30-34(32-24-19-17-20-25-32)29-35(31-36)33-26-21-18-22-27-33/h17-22,24-27,30-31H,2-16,23,28H2,1H3. The normalized spacial score (nSPS) is 11.1.